The van der Waals surface area contributed by atoms with Crippen LogP contribution in [0.3, 0.4) is 0 Å². The van der Waals surface area contributed by atoms with Gasteiger partial charge in [-0.2, -0.15) is 5.10 Å². The second-order valence-electron chi connectivity index (χ2n) is 3.88. The van der Waals surface area contributed by atoms with Crippen molar-refractivity contribution in [2.45, 2.75) is 13.5 Å². The quantitative estimate of drug-likeness (QED) is 0.770. The van der Waals surface area contributed by atoms with Crippen LogP contribution in [0, 0.1) is 0 Å². The maximum atomic E-state index is 11.7. The van der Waals surface area contributed by atoms with E-state index < -0.39 is 0 Å². The second-order valence-corrected chi connectivity index (χ2v) is 4.93. The summed E-state index contributed by atoms with van der Waals surface area (Å²) in [5.74, 6) is 0.408. The van der Waals surface area contributed by atoms with E-state index in [1.165, 1.54) is 18.0 Å². The van der Waals surface area contributed by atoms with Crippen molar-refractivity contribution in [3.05, 3.63) is 17.5 Å². The molecule has 1 aliphatic rings. The van der Waals surface area contributed by atoms with E-state index in [2.05, 4.69) is 5.10 Å². The predicted molar refractivity (Wildman–Crippen MR) is 67.4 cm³/mol. The van der Waals surface area contributed by atoms with Gasteiger partial charge in [-0.3, -0.25) is 9.48 Å². The third-order valence-corrected chi connectivity index (χ3v) is 3.63. The fourth-order valence-corrected chi connectivity index (χ4v) is 2.60. The van der Waals surface area contributed by atoms with Crippen LogP contribution in [-0.2, 0) is 18.3 Å². The van der Waals surface area contributed by atoms with E-state index in [4.69, 9.17) is 4.74 Å². The Morgan fingerprint density at radius 3 is 3.00 bits per heavy atom. The lowest BCUT2D eigenvalue weighted by molar-refractivity contribution is 0.0524. The average Bonchev–Trinajstić information content (AvgIpc) is 2.89. The van der Waals surface area contributed by atoms with Crippen molar-refractivity contribution < 1.29 is 14.3 Å². The van der Waals surface area contributed by atoms with Gasteiger partial charge in [0.25, 0.3) is 5.24 Å². The number of carbonyl (C=O) groups excluding carboxylic acids is 2. The van der Waals surface area contributed by atoms with Crippen molar-refractivity contribution in [1.82, 2.24) is 14.7 Å². The van der Waals surface area contributed by atoms with Gasteiger partial charge in [0.15, 0.2) is 0 Å². The Morgan fingerprint density at radius 2 is 2.39 bits per heavy atom. The molecule has 0 unspecified atom stereocenters. The van der Waals surface area contributed by atoms with Crippen LogP contribution in [0.5, 0.6) is 0 Å². The molecule has 0 saturated carbocycles. The molecule has 0 aromatic carbocycles. The van der Waals surface area contributed by atoms with Crippen LogP contribution in [0.15, 0.2) is 6.20 Å². The zero-order chi connectivity index (χ0) is 13.1. The summed E-state index contributed by atoms with van der Waals surface area (Å²) in [6.07, 6.45) is 1.49. The van der Waals surface area contributed by atoms with Crippen molar-refractivity contribution in [1.29, 1.82) is 0 Å². The van der Waals surface area contributed by atoms with E-state index in [0.29, 0.717) is 31.0 Å². The maximum absolute atomic E-state index is 11.7. The molecule has 2 heterocycles. The summed E-state index contributed by atoms with van der Waals surface area (Å²) in [5, 5.41) is 4.11. The zero-order valence-corrected chi connectivity index (χ0v) is 11.2. The number of esters is 1. The normalized spacial score (nSPS) is 15.2. The number of aromatic nitrogens is 2. The molecule has 18 heavy (non-hydrogen) atoms. The van der Waals surface area contributed by atoms with Crippen LogP contribution < -0.4 is 0 Å². The highest BCUT2D eigenvalue weighted by atomic mass is 32.2. The lowest BCUT2D eigenvalue weighted by Gasteiger charge is -2.15. The number of aryl methyl sites for hydroxylation is 1. The standard InChI is InChI=1S/C11H15N3O3S/c1-3-17-10(15)8-6-12-13(2)9(8)7-14-4-5-18-11(14)16/h6H,3-5,7H2,1-2H3. The number of nitrogens with zero attached hydrogens (tertiary/aromatic N) is 3. The van der Waals surface area contributed by atoms with Gasteiger partial charge in [-0.1, -0.05) is 11.8 Å². The number of ether oxygens (including phenoxy) is 1. The van der Waals surface area contributed by atoms with Crippen LogP contribution in [0.1, 0.15) is 23.0 Å². The molecular weight excluding hydrogens is 254 g/mol. The minimum absolute atomic E-state index is 0.0472. The summed E-state index contributed by atoms with van der Waals surface area (Å²) in [6, 6.07) is 0. The minimum atomic E-state index is -0.389. The molecule has 1 saturated heterocycles. The Morgan fingerprint density at radius 1 is 1.61 bits per heavy atom. The first-order chi connectivity index (χ1) is 8.63. The lowest BCUT2D eigenvalue weighted by atomic mass is 10.2. The van der Waals surface area contributed by atoms with Gasteiger partial charge in [-0.05, 0) is 6.92 Å². The molecule has 7 heteroatoms. The number of amides is 1. The van der Waals surface area contributed by atoms with E-state index in [1.54, 1.807) is 23.6 Å². The number of hydrogen-bond donors (Lipinski definition) is 0. The molecule has 0 radical (unpaired) electrons. The molecule has 1 aliphatic heterocycles. The molecule has 2 rings (SSSR count). The maximum Gasteiger partial charge on any atom is 0.341 e. The Bertz CT molecular complexity index is 472. The number of rotatable bonds is 4. The monoisotopic (exact) mass is 269 g/mol. The van der Waals surface area contributed by atoms with Gasteiger partial charge >= 0.3 is 5.97 Å². The van der Waals surface area contributed by atoms with Gasteiger partial charge in [0.2, 0.25) is 0 Å². The first-order valence-electron chi connectivity index (χ1n) is 5.73. The Kier molecular flexibility index (Phi) is 3.90. The Balaban J connectivity index is 2.18. The molecule has 0 atom stereocenters. The van der Waals surface area contributed by atoms with Crippen molar-refractivity contribution in [2.24, 2.45) is 7.05 Å². The fourth-order valence-electron chi connectivity index (χ4n) is 1.78. The molecule has 1 aromatic rings. The molecule has 6 nitrogen and oxygen atoms in total. The molecule has 1 amide bonds. The fraction of sp³-hybridized carbons (Fsp3) is 0.545. The highest BCUT2D eigenvalue weighted by molar-refractivity contribution is 8.13. The predicted octanol–water partition coefficient (Wildman–Crippen LogP) is 1.27. The van der Waals surface area contributed by atoms with Crippen molar-refractivity contribution in [2.75, 3.05) is 18.9 Å². The highest BCUT2D eigenvalue weighted by Crippen LogP contribution is 2.21. The molecular formula is C11H15N3O3S. The highest BCUT2D eigenvalue weighted by Gasteiger charge is 2.25. The van der Waals surface area contributed by atoms with E-state index in [-0.39, 0.29) is 11.2 Å². The van der Waals surface area contributed by atoms with E-state index in [1.807, 2.05) is 0 Å². The van der Waals surface area contributed by atoms with E-state index in [9.17, 15) is 9.59 Å². The first kappa shape index (κ1) is 12.9. The SMILES string of the molecule is CCOC(=O)c1cnn(C)c1CN1CCSC1=O. The summed E-state index contributed by atoms with van der Waals surface area (Å²) in [5.41, 5.74) is 1.15. The largest absolute Gasteiger partial charge is 0.462 e. The van der Waals surface area contributed by atoms with Gasteiger partial charge in [-0.25, -0.2) is 4.79 Å². The molecule has 0 aliphatic carbocycles. The second kappa shape index (κ2) is 5.43. The third kappa shape index (κ3) is 2.50. The van der Waals surface area contributed by atoms with Gasteiger partial charge < -0.3 is 9.64 Å². The lowest BCUT2D eigenvalue weighted by Crippen LogP contribution is -2.25. The van der Waals surface area contributed by atoms with E-state index in [0.717, 1.165) is 5.75 Å². The van der Waals surface area contributed by atoms with Crippen LogP contribution in [0.25, 0.3) is 0 Å². The smallest absolute Gasteiger partial charge is 0.341 e. The molecule has 0 N–H and O–H groups in total. The molecule has 1 fully saturated rings. The number of thioether (sulfide) groups is 1. The summed E-state index contributed by atoms with van der Waals surface area (Å²) in [7, 11) is 1.76. The summed E-state index contributed by atoms with van der Waals surface area (Å²) < 4.78 is 6.59. The van der Waals surface area contributed by atoms with Crippen LogP contribution in [-0.4, -0.2) is 44.8 Å². The molecule has 1 aromatic heterocycles. The molecule has 0 spiro atoms. The van der Waals surface area contributed by atoms with Crippen molar-refractivity contribution in [3.8, 4) is 0 Å². The first-order valence-corrected chi connectivity index (χ1v) is 6.71. The van der Waals surface area contributed by atoms with Crippen LogP contribution in [0.2, 0.25) is 0 Å². The Labute approximate surface area is 109 Å². The third-order valence-electron chi connectivity index (χ3n) is 2.74. The van der Waals surface area contributed by atoms with Gasteiger partial charge in [0.05, 0.1) is 25.0 Å². The topological polar surface area (TPSA) is 64.4 Å². The van der Waals surface area contributed by atoms with Crippen molar-refractivity contribution >= 4 is 23.0 Å². The van der Waals surface area contributed by atoms with Gasteiger partial charge in [0.1, 0.15) is 5.56 Å². The van der Waals surface area contributed by atoms with Gasteiger partial charge in [-0.15, -0.1) is 0 Å². The van der Waals surface area contributed by atoms with Crippen LogP contribution in [0.4, 0.5) is 4.79 Å². The summed E-state index contributed by atoms with van der Waals surface area (Å²) in [4.78, 5) is 25.0. The molecule has 98 valence electrons. The average molecular weight is 269 g/mol. The Hall–Kier alpha value is -1.50. The van der Waals surface area contributed by atoms with Gasteiger partial charge in [0, 0.05) is 19.3 Å². The minimum Gasteiger partial charge on any atom is -0.462 e. The summed E-state index contributed by atoms with van der Waals surface area (Å²) >= 11 is 1.30. The van der Waals surface area contributed by atoms with Crippen LogP contribution >= 0.6 is 11.8 Å². The number of hydrogen-bond acceptors (Lipinski definition) is 5. The van der Waals surface area contributed by atoms with E-state index >= 15 is 0 Å². The molecule has 0 bridgehead atoms. The zero-order valence-electron chi connectivity index (χ0n) is 10.4. The van der Waals surface area contributed by atoms with Crippen molar-refractivity contribution in [3.63, 3.8) is 0 Å². The number of carbonyl (C=O) groups is 2. The summed E-state index contributed by atoms with van der Waals surface area (Å²) in [6.45, 7) is 3.19.